The van der Waals surface area contributed by atoms with E-state index < -0.39 is 23.7 Å². The van der Waals surface area contributed by atoms with Crippen LogP contribution in [0.25, 0.3) is 0 Å². The predicted molar refractivity (Wildman–Crippen MR) is 89.7 cm³/mol. The van der Waals surface area contributed by atoms with E-state index in [4.69, 9.17) is 33.5 Å². The number of carboxylic acid groups (broad SMARTS) is 1. The maximum Gasteiger partial charge on any atom is 0.339 e. The lowest BCUT2D eigenvalue weighted by molar-refractivity contribution is 0.0684. The molecule has 0 aliphatic rings. The molecule has 0 aliphatic heterocycles. The first-order valence-corrected chi connectivity index (χ1v) is 7.79. The number of carbonyl (C=O) groups is 1. The van der Waals surface area contributed by atoms with Gasteiger partial charge in [-0.1, -0.05) is 29.3 Å². The highest BCUT2D eigenvalue weighted by atomic mass is 35.5. The first kappa shape index (κ1) is 21.3. The number of aromatic carboxylic acids is 1. The van der Waals surface area contributed by atoms with E-state index in [9.17, 15) is 13.6 Å². The van der Waals surface area contributed by atoms with Crippen LogP contribution in [0.5, 0.6) is 0 Å². The largest absolute Gasteiger partial charge is 0.478 e. The van der Waals surface area contributed by atoms with Crippen LogP contribution in [0.3, 0.4) is 0 Å². The Kier molecular flexibility index (Phi) is 8.24. The number of rotatable bonds is 5. The van der Waals surface area contributed by atoms with Crippen LogP contribution < -0.4 is 5.48 Å². The Morgan fingerprint density at radius 3 is 2.48 bits per heavy atom. The highest BCUT2D eigenvalue weighted by Gasteiger charge is 2.21. The molecule has 25 heavy (non-hydrogen) atoms. The van der Waals surface area contributed by atoms with Crippen molar-refractivity contribution >= 4 is 29.2 Å². The molecule has 0 radical (unpaired) electrons. The molecule has 0 amide bonds. The Labute approximate surface area is 152 Å². The number of aryl methyl sites for hydroxylation is 1. The average molecular weight is 396 g/mol. The second-order valence-corrected chi connectivity index (χ2v) is 6.02. The number of hydrogen-bond donors (Lipinski definition) is 3. The molecule has 3 N–H and O–H groups in total. The second-order valence-electron chi connectivity index (χ2n) is 5.18. The monoisotopic (exact) mass is 395 g/mol. The maximum absolute atomic E-state index is 12.1. The molecule has 0 spiro atoms. The number of carboxylic acids is 1. The third-order valence-electron chi connectivity index (χ3n) is 3.06. The molecular weight excluding hydrogens is 379 g/mol. The summed E-state index contributed by atoms with van der Waals surface area (Å²) in [5.41, 5.74) is 1.99. The summed E-state index contributed by atoms with van der Waals surface area (Å²) in [6.07, 6.45) is -1.13. The molecule has 138 valence electrons. The summed E-state index contributed by atoms with van der Waals surface area (Å²) < 4.78 is 25.2. The summed E-state index contributed by atoms with van der Waals surface area (Å²) in [5, 5.41) is 21.6. The minimum absolute atomic E-state index is 0.0151. The van der Waals surface area contributed by atoms with Crippen LogP contribution >= 0.6 is 23.2 Å². The van der Waals surface area contributed by atoms with Crippen LogP contribution in [-0.2, 0) is 13.5 Å². The van der Waals surface area contributed by atoms with Crippen molar-refractivity contribution in [3.05, 3.63) is 51.3 Å². The van der Waals surface area contributed by atoms with Crippen molar-refractivity contribution in [1.29, 1.82) is 0 Å². The quantitative estimate of drug-likeness (QED) is 0.666. The van der Waals surface area contributed by atoms with Crippen molar-refractivity contribution in [3.8, 4) is 0 Å². The van der Waals surface area contributed by atoms with Gasteiger partial charge in [0.05, 0.1) is 0 Å². The van der Waals surface area contributed by atoms with Crippen LogP contribution in [0.2, 0.25) is 10.0 Å². The van der Waals surface area contributed by atoms with Gasteiger partial charge in [0.1, 0.15) is 11.3 Å². The lowest BCUT2D eigenvalue weighted by Gasteiger charge is -2.10. The Bertz CT molecular complexity index is 726. The number of nitrogens with one attached hydrogen (secondary N) is 1. The van der Waals surface area contributed by atoms with Gasteiger partial charge in [-0.3, -0.25) is 4.68 Å². The van der Waals surface area contributed by atoms with Crippen LogP contribution in [0.15, 0.2) is 24.4 Å². The highest BCUT2D eigenvalue weighted by molar-refractivity contribution is 6.35. The number of hydrogen-bond acceptors (Lipinski definition) is 4. The van der Waals surface area contributed by atoms with Gasteiger partial charge < -0.3 is 10.3 Å². The molecule has 1 heterocycles. The third-order valence-corrected chi connectivity index (χ3v) is 3.64. The fourth-order valence-electron chi connectivity index (χ4n) is 1.89. The SMILES string of the molecule is CC(Cc1ccc(Cl)cc1Cl)NO.Cn1cc(C(=O)O)c(C(F)F)n1. The Hall–Kier alpha value is -1.74. The minimum atomic E-state index is -2.85. The Morgan fingerprint density at radius 2 is 2.04 bits per heavy atom. The lowest BCUT2D eigenvalue weighted by Crippen LogP contribution is -2.24. The smallest absolute Gasteiger partial charge is 0.339 e. The molecule has 1 unspecified atom stereocenters. The minimum Gasteiger partial charge on any atom is -0.478 e. The van der Waals surface area contributed by atoms with E-state index in [-0.39, 0.29) is 6.04 Å². The van der Waals surface area contributed by atoms with Crippen molar-refractivity contribution in [2.24, 2.45) is 7.05 Å². The van der Waals surface area contributed by atoms with Gasteiger partial charge in [0, 0.05) is 29.3 Å². The van der Waals surface area contributed by atoms with Crippen molar-refractivity contribution in [2.75, 3.05) is 0 Å². The van der Waals surface area contributed by atoms with Gasteiger partial charge in [0.15, 0.2) is 0 Å². The first-order chi connectivity index (χ1) is 11.6. The van der Waals surface area contributed by atoms with E-state index in [1.807, 2.05) is 13.0 Å². The molecule has 0 fully saturated rings. The van der Waals surface area contributed by atoms with Gasteiger partial charge >= 0.3 is 5.97 Å². The number of alkyl halides is 2. The zero-order valence-electron chi connectivity index (χ0n) is 13.4. The van der Waals surface area contributed by atoms with Gasteiger partial charge in [0.25, 0.3) is 6.43 Å². The van der Waals surface area contributed by atoms with Gasteiger partial charge in [-0.2, -0.15) is 5.10 Å². The van der Waals surface area contributed by atoms with E-state index >= 15 is 0 Å². The molecular formula is C15H17Cl2F2N3O3. The molecule has 0 aliphatic carbocycles. The molecule has 1 aromatic carbocycles. The summed E-state index contributed by atoms with van der Waals surface area (Å²) in [6, 6.07) is 5.33. The molecule has 2 aromatic rings. The second kappa shape index (κ2) is 9.67. The van der Waals surface area contributed by atoms with Crippen LogP contribution in [0, 0.1) is 0 Å². The van der Waals surface area contributed by atoms with Gasteiger partial charge in [0.2, 0.25) is 0 Å². The third kappa shape index (κ3) is 6.58. The van der Waals surface area contributed by atoms with Crippen molar-refractivity contribution in [1.82, 2.24) is 15.3 Å². The van der Waals surface area contributed by atoms with E-state index in [0.717, 1.165) is 16.4 Å². The van der Waals surface area contributed by atoms with Gasteiger partial charge in [-0.15, -0.1) is 0 Å². The zero-order valence-corrected chi connectivity index (χ0v) is 14.9. The molecule has 2 rings (SSSR count). The fraction of sp³-hybridized carbons (Fsp3) is 0.333. The van der Waals surface area contributed by atoms with Crippen molar-refractivity contribution in [2.45, 2.75) is 25.8 Å². The molecule has 0 saturated heterocycles. The first-order valence-electron chi connectivity index (χ1n) is 7.04. The molecule has 10 heteroatoms. The lowest BCUT2D eigenvalue weighted by atomic mass is 10.1. The summed E-state index contributed by atoms with van der Waals surface area (Å²) in [6.45, 7) is 1.87. The molecule has 0 bridgehead atoms. The van der Waals surface area contributed by atoms with Crippen LogP contribution in [-0.4, -0.2) is 32.1 Å². The van der Waals surface area contributed by atoms with E-state index in [1.54, 1.807) is 12.1 Å². The van der Waals surface area contributed by atoms with E-state index in [0.29, 0.717) is 16.5 Å². The fourth-order valence-corrected chi connectivity index (χ4v) is 2.38. The maximum atomic E-state index is 12.1. The zero-order chi connectivity index (χ0) is 19.1. The number of aromatic nitrogens is 2. The van der Waals surface area contributed by atoms with Crippen molar-refractivity contribution in [3.63, 3.8) is 0 Å². The molecule has 6 nitrogen and oxygen atoms in total. The Balaban J connectivity index is 0.000000251. The normalized spacial score (nSPS) is 11.8. The van der Waals surface area contributed by atoms with Gasteiger partial charge in [-0.05, 0) is 31.0 Å². The highest BCUT2D eigenvalue weighted by Crippen LogP contribution is 2.22. The molecule has 1 aromatic heterocycles. The predicted octanol–water partition coefficient (Wildman–Crippen LogP) is 3.96. The number of halogens is 4. The standard InChI is InChI=1S/C9H11Cl2NO.C6H6F2N2O2/c1-6(12-13)4-7-2-3-8(10)5-9(7)11;1-10-2-3(6(11)12)4(9-10)5(7)8/h2-3,5-6,12-13H,4H2,1H3;2,5H,1H3,(H,11,12). The Morgan fingerprint density at radius 1 is 1.40 bits per heavy atom. The number of nitrogens with zero attached hydrogens (tertiary/aromatic N) is 2. The summed E-state index contributed by atoms with van der Waals surface area (Å²) in [4.78, 5) is 10.4. The summed E-state index contributed by atoms with van der Waals surface area (Å²) in [5.74, 6) is -1.39. The number of benzene rings is 1. The van der Waals surface area contributed by atoms with Gasteiger partial charge in [-0.25, -0.2) is 19.1 Å². The number of hydroxylamine groups is 1. The van der Waals surface area contributed by atoms with Crippen LogP contribution in [0.4, 0.5) is 8.78 Å². The summed E-state index contributed by atoms with van der Waals surface area (Å²) >= 11 is 11.7. The summed E-state index contributed by atoms with van der Waals surface area (Å²) in [7, 11) is 1.39. The molecule has 1 atom stereocenters. The van der Waals surface area contributed by atoms with Crippen molar-refractivity contribution < 1.29 is 23.9 Å². The van der Waals surface area contributed by atoms with E-state index in [2.05, 4.69) is 10.6 Å². The van der Waals surface area contributed by atoms with Crippen LogP contribution in [0.1, 0.15) is 35.0 Å². The average Bonchev–Trinajstić information content (AvgIpc) is 2.93. The molecule has 0 saturated carbocycles. The van der Waals surface area contributed by atoms with E-state index in [1.165, 1.54) is 7.05 Å². The topological polar surface area (TPSA) is 87.4 Å².